The monoisotopic (exact) mass is 262 g/mol. The summed E-state index contributed by atoms with van der Waals surface area (Å²) in [4.78, 5) is 0. The maximum absolute atomic E-state index is 6.16. The van der Waals surface area contributed by atoms with Gasteiger partial charge in [0, 0.05) is 0 Å². The average Bonchev–Trinajstić information content (AvgIpc) is 2.53. The molecule has 0 fully saturated rings. The highest BCUT2D eigenvalue weighted by atomic mass is 16.5. The summed E-state index contributed by atoms with van der Waals surface area (Å²) in [5, 5.41) is 2.46. The first-order valence-corrected chi connectivity index (χ1v) is 7.07. The zero-order valence-corrected chi connectivity index (χ0v) is 11.6. The minimum Gasteiger partial charge on any atom is -0.486 e. The van der Waals surface area contributed by atoms with Gasteiger partial charge in [-0.2, -0.15) is 0 Å². The van der Waals surface area contributed by atoms with Crippen LogP contribution >= 0.6 is 0 Å². The standard InChI is InChI=1S/C19H18O/c1-2-19(16-9-4-3-5-10-16)20-18-13-12-15-8-6-7-11-17(15)14-18/h3-14,19H,2H2,1H3. The summed E-state index contributed by atoms with van der Waals surface area (Å²) in [7, 11) is 0. The second-order valence-corrected chi connectivity index (χ2v) is 4.93. The van der Waals surface area contributed by atoms with Gasteiger partial charge in [0.25, 0.3) is 0 Å². The first-order chi connectivity index (χ1) is 9.86. The van der Waals surface area contributed by atoms with E-state index in [1.165, 1.54) is 16.3 Å². The number of fused-ring (bicyclic) bond motifs is 1. The summed E-state index contributed by atoms with van der Waals surface area (Å²) in [6.07, 6.45) is 1.06. The lowest BCUT2D eigenvalue weighted by Crippen LogP contribution is -2.06. The van der Waals surface area contributed by atoms with Gasteiger partial charge in [0.2, 0.25) is 0 Å². The summed E-state index contributed by atoms with van der Waals surface area (Å²) < 4.78 is 6.16. The Morgan fingerprint density at radius 2 is 1.50 bits per heavy atom. The smallest absolute Gasteiger partial charge is 0.123 e. The molecule has 0 heterocycles. The summed E-state index contributed by atoms with van der Waals surface area (Å²) in [5.41, 5.74) is 1.23. The normalized spacial score (nSPS) is 12.2. The van der Waals surface area contributed by atoms with Gasteiger partial charge in [-0.15, -0.1) is 0 Å². The fourth-order valence-electron chi connectivity index (χ4n) is 2.46. The Morgan fingerprint density at radius 1 is 0.800 bits per heavy atom. The quantitative estimate of drug-likeness (QED) is 0.614. The van der Waals surface area contributed by atoms with Gasteiger partial charge in [-0.3, -0.25) is 0 Å². The van der Waals surface area contributed by atoms with E-state index in [0.29, 0.717) is 0 Å². The molecule has 0 N–H and O–H groups in total. The van der Waals surface area contributed by atoms with Crippen LogP contribution in [0.3, 0.4) is 0 Å². The molecular weight excluding hydrogens is 244 g/mol. The van der Waals surface area contributed by atoms with Crippen LogP contribution in [0.4, 0.5) is 0 Å². The van der Waals surface area contributed by atoms with E-state index in [1.54, 1.807) is 0 Å². The molecule has 3 rings (SSSR count). The molecule has 0 radical (unpaired) electrons. The zero-order valence-electron chi connectivity index (χ0n) is 11.6. The fourth-order valence-corrected chi connectivity index (χ4v) is 2.46. The van der Waals surface area contributed by atoms with Crippen molar-refractivity contribution >= 4 is 10.8 Å². The molecule has 0 amide bonds. The SMILES string of the molecule is CCC(Oc1ccc2ccccc2c1)c1ccccc1. The maximum atomic E-state index is 6.16. The maximum Gasteiger partial charge on any atom is 0.123 e. The van der Waals surface area contributed by atoms with Crippen LogP contribution in [0, 0.1) is 0 Å². The molecule has 1 unspecified atom stereocenters. The van der Waals surface area contributed by atoms with E-state index in [2.05, 4.69) is 67.6 Å². The number of hydrogen-bond donors (Lipinski definition) is 0. The second kappa shape index (κ2) is 5.79. The molecule has 1 nitrogen and oxygen atoms in total. The van der Waals surface area contributed by atoms with E-state index in [4.69, 9.17) is 4.74 Å². The van der Waals surface area contributed by atoms with Gasteiger partial charge >= 0.3 is 0 Å². The minimum absolute atomic E-state index is 0.109. The Bertz CT molecular complexity index is 688. The van der Waals surface area contributed by atoms with Crippen molar-refractivity contribution < 1.29 is 4.74 Å². The van der Waals surface area contributed by atoms with Crippen LogP contribution in [-0.4, -0.2) is 0 Å². The molecule has 3 aromatic carbocycles. The molecule has 0 aromatic heterocycles. The predicted octanol–water partition coefficient (Wildman–Crippen LogP) is 5.37. The summed E-state index contributed by atoms with van der Waals surface area (Å²) >= 11 is 0. The molecule has 0 aliphatic heterocycles. The highest BCUT2D eigenvalue weighted by molar-refractivity contribution is 5.83. The third-order valence-electron chi connectivity index (χ3n) is 3.54. The van der Waals surface area contributed by atoms with Crippen LogP contribution in [0.1, 0.15) is 25.0 Å². The van der Waals surface area contributed by atoms with Crippen LogP contribution in [0.5, 0.6) is 5.75 Å². The van der Waals surface area contributed by atoms with Gasteiger partial charge in [0.05, 0.1) is 0 Å². The van der Waals surface area contributed by atoms with Crippen molar-refractivity contribution in [2.24, 2.45) is 0 Å². The summed E-state index contributed by atoms with van der Waals surface area (Å²) in [6, 6.07) is 25.0. The molecule has 3 aromatic rings. The van der Waals surface area contributed by atoms with E-state index >= 15 is 0 Å². The summed E-state index contributed by atoms with van der Waals surface area (Å²) in [5.74, 6) is 0.930. The molecule has 0 aliphatic rings. The van der Waals surface area contributed by atoms with E-state index in [9.17, 15) is 0 Å². The lowest BCUT2D eigenvalue weighted by atomic mass is 10.1. The molecule has 20 heavy (non-hydrogen) atoms. The molecular formula is C19H18O. The number of rotatable bonds is 4. The van der Waals surface area contributed by atoms with E-state index in [-0.39, 0.29) is 6.10 Å². The Morgan fingerprint density at radius 3 is 2.25 bits per heavy atom. The van der Waals surface area contributed by atoms with Crippen molar-refractivity contribution in [2.75, 3.05) is 0 Å². The molecule has 0 saturated heterocycles. The van der Waals surface area contributed by atoms with Gasteiger partial charge in [-0.1, -0.05) is 67.6 Å². The Hall–Kier alpha value is -2.28. The van der Waals surface area contributed by atoms with E-state index in [1.807, 2.05) is 12.1 Å². The van der Waals surface area contributed by atoms with Gasteiger partial charge < -0.3 is 4.74 Å². The molecule has 100 valence electrons. The lowest BCUT2D eigenvalue weighted by Gasteiger charge is -2.18. The molecule has 1 heteroatoms. The third kappa shape index (κ3) is 2.67. The van der Waals surface area contributed by atoms with Crippen molar-refractivity contribution in [1.29, 1.82) is 0 Å². The molecule has 0 saturated carbocycles. The third-order valence-corrected chi connectivity index (χ3v) is 3.54. The van der Waals surface area contributed by atoms with Crippen LogP contribution in [0.25, 0.3) is 10.8 Å². The number of hydrogen-bond acceptors (Lipinski definition) is 1. The van der Waals surface area contributed by atoms with Crippen molar-refractivity contribution in [3.8, 4) is 5.75 Å². The van der Waals surface area contributed by atoms with Gasteiger partial charge in [-0.25, -0.2) is 0 Å². The summed E-state index contributed by atoms with van der Waals surface area (Å²) in [6.45, 7) is 2.15. The van der Waals surface area contributed by atoms with Crippen molar-refractivity contribution in [1.82, 2.24) is 0 Å². The molecule has 1 atom stereocenters. The largest absolute Gasteiger partial charge is 0.486 e. The van der Waals surface area contributed by atoms with Crippen LogP contribution in [0.15, 0.2) is 72.8 Å². The number of ether oxygens (including phenoxy) is 1. The first-order valence-electron chi connectivity index (χ1n) is 7.07. The highest BCUT2D eigenvalue weighted by Crippen LogP contribution is 2.27. The van der Waals surface area contributed by atoms with Crippen LogP contribution in [-0.2, 0) is 0 Å². The van der Waals surface area contributed by atoms with E-state index < -0.39 is 0 Å². The fraction of sp³-hybridized carbons (Fsp3) is 0.158. The van der Waals surface area contributed by atoms with Gasteiger partial charge in [-0.05, 0) is 34.9 Å². The Balaban J connectivity index is 1.87. The second-order valence-electron chi connectivity index (χ2n) is 4.93. The molecule has 0 bridgehead atoms. The van der Waals surface area contributed by atoms with Crippen molar-refractivity contribution in [3.63, 3.8) is 0 Å². The molecule has 0 aliphatic carbocycles. The van der Waals surface area contributed by atoms with Crippen molar-refractivity contribution in [3.05, 3.63) is 78.4 Å². The Labute approximate surface area is 119 Å². The van der Waals surface area contributed by atoms with Gasteiger partial charge in [0.15, 0.2) is 0 Å². The van der Waals surface area contributed by atoms with Crippen LogP contribution in [0.2, 0.25) is 0 Å². The van der Waals surface area contributed by atoms with Gasteiger partial charge in [0.1, 0.15) is 11.9 Å². The Kier molecular flexibility index (Phi) is 3.69. The average molecular weight is 262 g/mol. The van der Waals surface area contributed by atoms with E-state index in [0.717, 1.165) is 12.2 Å². The van der Waals surface area contributed by atoms with Crippen molar-refractivity contribution in [2.45, 2.75) is 19.4 Å². The topological polar surface area (TPSA) is 9.23 Å². The lowest BCUT2D eigenvalue weighted by molar-refractivity contribution is 0.201. The van der Waals surface area contributed by atoms with Crippen LogP contribution < -0.4 is 4.74 Å². The molecule has 0 spiro atoms. The highest BCUT2D eigenvalue weighted by Gasteiger charge is 2.10. The first kappa shape index (κ1) is 12.7. The number of benzene rings is 3. The predicted molar refractivity (Wildman–Crippen MR) is 84.1 cm³/mol. The zero-order chi connectivity index (χ0) is 13.8. The minimum atomic E-state index is 0.109.